The van der Waals surface area contributed by atoms with E-state index in [1.54, 1.807) is 0 Å². The third-order valence-corrected chi connectivity index (χ3v) is 6.96. The van der Waals surface area contributed by atoms with Crippen molar-refractivity contribution in [3.63, 3.8) is 0 Å². The molecule has 0 aromatic carbocycles. The lowest BCUT2D eigenvalue weighted by molar-refractivity contribution is -0.121. The van der Waals surface area contributed by atoms with Crippen molar-refractivity contribution in [2.75, 3.05) is 65.2 Å². The minimum Gasteiger partial charge on any atom is -0.379 e. The molecule has 0 bridgehead atoms. The lowest BCUT2D eigenvalue weighted by atomic mass is 10.0. The Kier molecular flexibility index (Phi) is 14.9. The number of thioether (sulfide) groups is 1. The van der Waals surface area contributed by atoms with Crippen LogP contribution in [-0.4, -0.2) is 99.5 Å². The lowest BCUT2D eigenvalue weighted by Crippen LogP contribution is -2.36. The van der Waals surface area contributed by atoms with Crippen molar-refractivity contribution in [1.82, 2.24) is 16.0 Å². The third-order valence-electron chi connectivity index (χ3n) is 5.23. The molecule has 0 aromatic heterocycles. The van der Waals surface area contributed by atoms with Gasteiger partial charge in [-0.3, -0.25) is 9.59 Å². The number of nitrogens with one attached hydrogen (secondary N) is 3. The molecule has 0 saturated carbocycles. The highest BCUT2D eigenvalue weighted by molar-refractivity contribution is 8.00. The first-order valence-electron chi connectivity index (χ1n) is 11.5. The molecule has 2 aliphatic heterocycles. The normalized spacial score (nSPS) is 21.5. The molecule has 2 aliphatic rings. The fourth-order valence-corrected chi connectivity index (χ4v) is 5.18. The maximum atomic E-state index is 11.9. The number of carbonyl (C=O) groups excluding carboxylic acids is 3. The topological polar surface area (TPSA) is 124 Å². The van der Waals surface area contributed by atoms with Crippen molar-refractivity contribution in [1.29, 1.82) is 0 Å². The number of hydrogen-bond donors (Lipinski definition) is 4. The third kappa shape index (κ3) is 12.8. The van der Waals surface area contributed by atoms with Gasteiger partial charge in [-0.1, -0.05) is 6.42 Å². The fourth-order valence-electron chi connectivity index (χ4n) is 3.55. The van der Waals surface area contributed by atoms with Crippen molar-refractivity contribution in [2.24, 2.45) is 0 Å². The number of hydrogen-bond acceptors (Lipinski definition) is 8. The van der Waals surface area contributed by atoms with Gasteiger partial charge in [0.1, 0.15) is 0 Å². The van der Waals surface area contributed by atoms with Crippen LogP contribution in [0.3, 0.4) is 0 Å². The van der Waals surface area contributed by atoms with E-state index in [9.17, 15) is 14.4 Å². The van der Waals surface area contributed by atoms with E-state index < -0.39 is 0 Å². The van der Waals surface area contributed by atoms with Gasteiger partial charge in [0.25, 0.3) is 0 Å². The Balaban J connectivity index is 1.28. The number of fused-ring (bicyclic) bond motifs is 1. The van der Waals surface area contributed by atoms with Gasteiger partial charge in [-0.25, -0.2) is 4.79 Å². The van der Waals surface area contributed by atoms with Crippen LogP contribution in [0.2, 0.25) is 0 Å². The highest BCUT2D eigenvalue weighted by Gasteiger charge is 2.42. The fraction of sp³-hybridized carbons (Fsp3) is 0.857. The molecule has 0 spiro atoms. The van der Waals surface area contributed by atoms with Gasteiger partial charge in [0, 0.05) is 30.4 Å². The largest absolute Gasteiger partial charge is 0.379 e. The maximum Gasteiger partial charge on any atom is 0.315 e. The number of rotatable bonds is 20. The Bertz CT molecular complexity index is 600. The second-order valence-corrected chi connectivity index (χ2v) is 9.58. The van der Waals surface area contributed by atoms with E-state index in [1.807, 2.05) is 11.8 Å². The molecular formula is C21H37N3O7S2. The van der Waals surface area contributed by atoms with Gasteiger partial charge in [0.05, 0.1) is 64.9 Å². The average molecular weight is 508 g/mol. The highest BCUT2D eigenvalue weighted by Crippen LogP contribution is 2.33. The minimum atomic E-state index is -0.183. The molecule has 0 radical (unpaired) electrons. The zero-order chi connectivity index (χ0) is 23.7. The number of carbonyl (C=O) groups is 3. The van der Waals surface area contributed by atoms with Crippen molar-refractivity contribution in [2.45, 2.75) is 49.4 Å². The Hall–Kier alpha value is -1.05. The summed E-state index contributed by atoms with van der Waals surface area (Å²) in [5, 5.41) is 9.06. The molecule has 3 amide bonds. The van der Waals surface area contributed by atoms with Crippen LogP contribution < -0.4 is 16.0 Å². The van der Waals surface area contributed by atoms with Gasteiger partial charge < -0.3 is 34.9 Å². The first-order chi connectivity index (χ1) is 16.1. The van der Waals surface area contributed by atoms with Gasteiger partial charge in [-0.15, -0.1) is 12.6 Å². The maximum absolute atomic E-state index is 11.9. The predicted molar refractivity (Wildman–Crippen MR) is 129 cm³/mol. The minimum absolute atomic E-state index is 0.0426. The van der Waals surface area contributed by atoms with Crippen LogP contribution in [0.4, 0.5) is 4.79 Å². The number of unbranched alkanes of at least 4 members (excludes halogenated alkanes) is 1. The van der Waals surface area contributed by atoms with Gasteiger partial charge in [-0.2, -0.15) is 11.8 Å². The zero-order valence-corrected chi connectivity index (χ0v) is 20.8. The first kappa shape index (κ1) is 28.2. The van der Waals surface area contributed by atoms with E-state index in [4.69, 9.17) is 18.9 Å². The van der Waals surface area contributed by atoms with Crippen molar-refractivity contribution in [3.05, 3.63) is 0 Å². The smallest absolute Gasteiger partial charge is 0.315 e. The van der Waals surface area contributed by atoms with Crippen molar-refractivity contribution >= 4 is 41.4 Å². The molecule has 0 aromatic rings. The van der Waals surface area contributed by atoms with Crippen LogP contribution in [0, 0.1) is 0 Å². The first-order valence-corrected chi connectivity index (χ1v) is 13.0. The lowest BCUT2D eigenvalue weighted by Gasteiger charge is -2.16. The molecule has 12 heteroatoms. The molecule has 3 atom stereocenters. The summed E-state index contributed by atoms with van der Waals surface area (Å²) in [4.78, 5) is 33.9. The van der Waals surface area contributed by atoms with Crippen LogP contribution in [0.15, 0.2) is 0 Å². The van der Waals surface area contributed by atoms with E-state index >= 15 is 0 Å². The highest BCUT2D eigenvalue weighted by atomic mass is 32.2. The molecule has 0 aliphatic carbocycles. The van der Waals surface area contributed by atoms with Crippen LogP contribution in [0.5, 0.6) is 0 Å². The van der Waals surface area contributed by atoms with Crippen molar-refractivity contribution in [3.8, 4) is 0 Å². The number of amides is 3. The second kappa shape index (κ2) is 17.4. The summed E-state index contributed by atoms with van der Waals surface area (Å²) in [6, 6.07) is 0.421. The monoisotopic (exact) mass is 507 g/mol. The average Bonchev–Trinajstić information content (AvgIpc) is 3.33. The van der Waals surface area contributed by atoms with Gasteiger partial charge in [0.2, 0.25) is 5.91 Å². The molecule has 2 rings (SSSR count). The molecule has 3 N–H and O–H groups in total. The summed E-state index contributed by atoms with van der Waals surface area (Å²) in [7, 11) is 0. The van der Waals surface area contributed by atoms with Gasteiger partial charge >= 0.3 is 6.03 Å². The summed E-state index contributed by atoms with van der Waals surface area (Å²) in [6.45, 7) is 4.06. The second-order valence-electron chi connectivity index (χ2n) is 7.81. The molecule has 190 valence electrons. The number of urea groups is 1. The van der Waals surface area contributed by atoms with Crippen LogP contribution in [-0.2, 0) is 28.5 Å². The van der Waals surface area contributed by atoms with E-state index in [1.165, 1.54) is 0 Å². The summed E-state index contributed by atoms with van der Waals surface area (Å²) in [5.41, 5.74) is 0. The summed E-state index contributed by atoms with van der Waals surface area (Å²) >= 11 is 5.56. The summed E-state index contributed by atoms with van der Waals surface area (Å²) < 4.78 is 21.4. The van der Waals surface area contributed by atoms with E-state index in [0.29, 0.717) is 77.5 Å². The van der Waals surface area contributed by atoms with E-state index in [0.717, 1.165) is 25.0 Å². The summed E-state index contributed by atoms with van der Waals surface area (Å²) in [6.07, 6.45) is 3.66. The molecule has 2 saturated heterocycles. The predicted octanol–water partition coefficient (Wildman–Crippen LogP) is 0.741. The number of ether oxygens (including phenoxy) is 4. The van der Waals surface area contributed by atoms with Crippen molar-refractivity contribution < 1.29 is 33.3 Å². The Morgan fingerprint density at radius 3 is 2.21 bits per heavy atom. The van der Waals surface area contributed by atoms with E-state index in [-0.39, 0.29) is 29.1 Å². The van der Waals surface area contributed by atoms with Gasteiger partial charge in [0.15, 0.2) is 5.12 Å². The molecule has 2 heterocycles. The SMILES string of the molecule is O=C(S)CCOCCOCCOCCOCCNC(=O)CCCCC1SCC2NC(=O)NC21. The number of thiol groups is 1. The Morgan fingerprint density at radius 2 is 1.55 bits per heavy atom. The molecular weight excluding hydrogens is 470 g/mol. The zero-order valence-electron chi connectivity index (χ0n) is 19.1. The molecule has 2 fully saturated rings. The molecule has 3 unspecified atom stereocenters. The molecule has 33 heavy (non-hydrogen) atoms. The Labute approximate surface area is 205 Å². The van der Waals surface area contributed by atoms with Crippen LogP contribution in [0.1, 0.15) is 32.1 Å². The van der Waals surface area contributed by atoms with E-state index in [2.05, 4.69) is 28.6 Å². The quantitative estimate of drug-likeness (QED) is 0.108. The van der Waals surface area contributed by atoms with Gasteiger partial charge in [-0.05, 0) is 12.8 Å². The summed E-state index contributed by atoms with van der Waals surface area (Å²) in [5.74, 6) is 1.01. The van der Waals surface area contributed by atoms with Crippen LogP contribution in [0.25, 0.3) is 0 Å². The van der Waals surface area contributed by atoms with Crippen LogP contribution >= 0.6 is 24.4 Å². The standard InChI is InChI=1S/C21H37N3O7S2/c25-18(4-2-1-3-17-20-16(15-33-17)23-21(27)24-20)22-6-8-29-10-12-31-14-13-30-11-9-28-7-5-19(26)32/h16-17,20H,1-15H2,(H,22,25)(H,26,32)(H2,23,24,27). The molecule has 10 nitrogen and oxygen atoms in total. The Morgan fingerprint density at radius 1 is 0.909 bits per heavy atom.